The first-order valence-electron chi connectivity index (χ1n) is 6.65. The number of rotatable bonds is 5. The second-order valence-electron chi connectivity index (χ2n) is 6.35. The predicted octanol–water partition coefficient (Wildman–Crippen LogP) is 3.74. The normalized spacial score (nSPS) is 14.2. The summed E-state index contributed by atoms with van der Waals surface area (Å²) in [6, 6.07) is 0. The van der Waals surface area contributed by atoms with Crippen molar-refractivity contribution in [1.82, 2.24) is 4.98 Å². The van der Waals surface area contributed by atoms with Gasteiger partial charge in [0.1, 0.15) is 11.4 Å². The minimum Gasteiger partial charge on any atom is -0.411 e. The second-order valence-corrected chi connectivity index (χ2v) is 7.20. The first-order chi connectivity index (χ1) is 9.21. The molecule has 112 valence electrons. The maximum absolute atomic E-state index is 11.9. The highest BCUT2D eigenvalue weighted by Crippen LogP contribution is 2.26. The summed E-state index contributed by atoms with van der Waals surface area (Å²) in [6.45, 7) is 10.3. The number of thiazole rings is 1. The fraction of sp³-hybridized carbons (Fsp3) is 0.643. The van der Waals surface area contributed by atoms with Crippen molar-refractivity contribution < 1.29 is 10.0 Å². The minimum absolute atomic E-state index is 0.0266. The van der Waals surface area contributed by atoms with Crippen molar-refractivity contribution in [1.29, 1.82) is 0 Å². The van der Waals surface area contributed by atoms with Gasteiger partial charge in [-0.2, -0.15) is 0 Å². The van der Waals surface area contributed by atoms with Crippen molar-refractivity contribution in [2.45, 2.75) is 47.5 Å². The van der Waals surface area contributed by atoms with Gasteiger partial charge in [0.2, 0.25) is 5.91 Å². The Morgan fingerprint density at radius 1 is 1.55 bits per heavy atom. The van der Waals surface area contributed by atoms with Crippen LogP contribution in [0.4, 0.5) is 5.13 Å². The fourth-order valence-electron chi connectivity index (χ4n) is 2.15. The number of carbonyl (C=O) groups excluding carboxylic acids is 1. The Kier molecular flexibility index (Phi) is 5.68. The zero-order valence-electron chi connectivity index (χ0n) is 12.7. The summed E-state index contributed by atoms with van der Waals surface area (Å²) in [4.78, 5) is 16.1. The maximum atomic E-state index is 11.9. The molecule has 0 bridgehead atoms. The van der Waals surface area contributed by atoms with Gasteiger partial charge in [0.25, 0.3) is 0 Å². The highest BCUT2D eigenvalue weighted by molar-refractivity contribution is 7.14. The Hall–Kier alpha value is -1.43. The van der Waals surface area contributed by atoms with Crippen LogP contribution in [0.3, 0.4) is 0 Å². The van der Waals surface area contributed by atoms with Crippen LogP contribution in [0.25, 0.3) is 0 Å². The van der Waals surface area contributed by atoms with Crippen LogP contribution in [0.1, 0.15) is 53.2 Å². The molecule has 6 heteroatoms. The van der Waals surface area contributed by atoms with E-state index >= 15 is 0 Å². The van der Waals surface area contributed by atoms with Crippen LogP contribution in [-0.4, -0.2) is 21.8 Å². The van der Waals surface area contributed by atoms with Gasteiger partial charge in [-0.1, -0.05) is 32.9 Å². The van der Waals surface area contributed by atoms with Gasteiger partial charge in [0.15, 0.2) is 5.13 Å². The Morgan fingerprint density at radius 2 is 2.20 bits per heavy atom. The molecule has 5 nitrogen and oxygen atoms in total. The van der Waals surface area contributed by atoms with Crippen molar-refractivity contribution >= 4 is 28.1 Å². The largest absolute Gasteiger partial charge is 0.411 e. The van der Waals surface area contributed by atoms with Gasteiger partial charge in [-0.25, -0.2) is 4.98 Å². The van der Waals surface area contributed by atoms with Crippen molar-refractivity contribution in [2.75, 3.05) is 5.32 Å². The number of aromatic nitrogens is 1. The van der Waals surface area contributed by atoms with Gasteiger partial charge in [0.05, 0.1) is 0 Å². The van der Waals surface area contributed by atoms with Crippen LogP contribution < -0.4 is 5.32 Å². The molecule has 1 amide bonds. The SMILES string of the molecule is CC(=NO)c1csc(NC(=O)CC(C)CC(C)(C)C)n1. The summed E-state index contributed by atoms with van der Waals surface area (Å²) < 4.78 is 0. The summed E-state index contributed by atoms with van der Waals surface area (Å²) in [5, 5.41) is 16.8. The number of hydrogen-bond donors (Lipinski definition) is 2. The number of amides is 1. The monoisotopic (exact) mass is 297 g/mol. The number of carbonyl (C=O) groups is 1. The van der Waals surface area contributed by atoms with Gasteiger partial charge in [0, 0.05) is 11.8 Å². The van der Waals surface area contributed by atoms with E-state index in [0.29, 0.717) is 28.9 Å². The summed E-state index contributed by atoms with van der Waals surface area (Å²) >= 11 is 1.33. The quantitative estimate of drug-likeness (QED) is 0.494. The van der Waals surface area contributed by atoms with Gasteiger partial charge >= 0.3 is 0 Å². The van der Waals surface area contributed by atoms with Gasteiger partial charge in [-0.15, -0.1) is 11.3 Å². The van der Waals surface area contributed by atoms with Crippen LogP contribution in [0.5, 0.6) is 0 Å². The Bertz CT molecular complexity index is 489. The average Bonchev–Trinajstić information content (AvgIpc) is 2.73. The number of nitrogens with one attached hydrogen (secondary N) is 1. The molecule has 1 aromatic heterocycles. The molecule has 0 aromatic carbocycles. The van der Waals surface area contributed by atoms with E-state index in [0.717, 1.165) is 6.42 Å². The third kappa shape index (κ3) is 5.69. The van der Waals surface area contributed by atoms with E-state index in [9.17, 15) is 4.79 Å². The van der Waals surface area contributed by atoms with E-state index < -0.39 is 0 Å². The van der Waals surface area contributed by atoms with Gasteiger partial charge < -0.3 is 10.5 Å². The summed E-state index contributed by atoms with van der Waals surface area (Å²) in [5.41, 5.74) is 1.24. The molecule has 1 rings (SSSR count). The first-order valence-corrected chi connectivity index (χ1v) is 7.53. The average molecular weight is 297 g/mol. The molecule has 1 unspecified atom stereocenters. The molecule has 2 N–H and O–H groups in total. The molecule has 0 saturated carbocycles. The van der Waals surface area contributed by atoms with Gasteiger partial charge in [-0.05, 0) is 24.7 Å². The molecule has 0 fully saturated rings. The highest BCUT2D eigenvalue weighted by Gasteiger charge is 2.18. The van der Waals surface area contributed by atoms with Crippen molar-refractivity contribution in [2.24, 2.45) is 16.5 Å². The summed E-state index contributed by atoms with van der Waals surface area (Å²) in [6.07, 6.45) is 1.49. The first kappa shape index (κ1) is 16.6. The molecule has 0 radical (unpaired) electrons. The van der Waals surface area contributed by atoms with Gasteiger partial charge in [-0.3, -0.25) is 4.79 Å². The molecular weight excluding hydrogens is 274 g/mol. The number of oxime groups is 1. The zero-order chi connectivity index (χ0) is 15.3. The van der Waals surface area contributed by atoms with E-state index in [-0.39, 0.29) is 11.3 Å². The topological polar surface area (TPSA) is 74.6 Å². The maximum Gasteiger partial charge on any atom is 0.226 e. The lowest BCUT2D eigenvalue weighted by molar-refractivity contribution is -0.117. The molecule has 0 aliphatic carbocycles. The lowest BCUT2D eigenvalue weighted by Crippen LogP contribution is -2.18. The smallest absolute Gasteiger partial charge is 0.226 e. The second kappa shape index (κ2) is 6.83. The Labute approximate surface area is 124 Å². The number of nitrogens with zero attached hydrogens (tertiary/aromatic N) is 2. The number of hydrogen-bond acceptors (Lipinski definition) is 5. The van der Waals surface area contributed by atoms with E-state index in [1.807, 2.05) is 0 Å². The van der Waals surface area contributed by atoms with E-state index in [4.69, 9.17) is 5.21 Å². The molecule has 1 aromatic rings. The molecular formula is C14H23N3O2S. The van der Waals surface area contributed by atoms with Crippen LogP contribution in [0.15, 0.2) is 10.5 Å². The zero-order valence-corrected chi connectivity index (χ0v) is 13.5. The van der Waals surface area contributed by atoms with Crippen molar-refractivity contribution in [3.05, 3.63) is 11.1 Å². The summed E-state index contributed by atoms with van der Waals surface area (Å²) in [7, 11) is 0. The van der Waals surface area contributed by atoms with Crippen LogP contribution in [-0.2, 0) is 4.79 Å². The third-order valence-corrected chi connectivity index (χ3v) is 3.52. The molecule has 1 heterocycles. The molecule has 20 heavy (non-hydrogen) atoms. The standard InChI is InChI=1S/C14H23N3O2S/c1-9(7-14(3,4)5)6-12(18)16-13-15-11(8-20-13)10(2)17-19/h8-9,19H,6-7H2,1-5H3,(H,15,16,18). The molecule has 0 aliphatic heterocycles. The van der Waals surface area contributed by atoms with E-state index in [1.165, 1.54) is 11.3 Å². The highest BCUT2D eigenvalue weighted by atomic mass is 32.1. The van der Waals surface area contributed by atoms with E-state index in [1.54, 1.807) is 12.3 Å². The molecule has 0 spiro atoms. The summed E-state index contributed by atoms with van der Waals surface area (Å²) in [5.74, 6) is 0.302. The van der Waals surface area contributed by atoms with Crippen molar-refractivity contribution in [3.63, 3.8) is 0 Å². The fourth-order valence-corrected chi connectivity index (χ4v) is 2.92. The third-order valence-electron chi connectivity index (χ3n) is 2.77. The van der Waals surface area contributed by atoms with Crippen LogP contribution >= 0.6 is 11.3 Å². The Morgan fingerprint density at radius 3 is 2.75 bits per heavy atom. The molecule has 0 saturated heterocycles. The Balaban J connectivity index is 2.52. The van der Waals surface area contributed by atoms with Crippen LogP contribution in [0, 0.1) is 11.3 Å². The van der Waals surface area contributed by atoms with Crippen molar-refractivity contribution in [3.8, 4) is 0 Å². The molecule has 1 atom stereocenters. The minimum atomic E-state index is -0.0266. The predicted molar refractivity (Wildman–Crippen MR) is 82.6 cm³/mol. The van der Waals surface area contributed by atoms with E-state index in [2.05, 4.69) is 43.2 Å². The lowest BCUT2D eigenvalue weighted by Gasteiger charge is -2.22. The number of anilines is 1. The molecule has 0 aliphatic rings. The van der Waals surface area contributed by atoms with Crippen LogP contribution in [0.2, 0.25) is 0 Å². The lowest BCUT2D eigenvalue weighted by atomic mass is 9.84.